The van der Waals surface area contributed by atoms with Crippen LogP contribution in [0.15, 0.2) is 72.8 Å². The third-order valence-electron chi connectivity index (χ3n) is 4.76. The van der Waals surface area contributed by atoms with Gasteiger partial charge in [-0.3, -0.25) is 9.10 Å². The Kier molecular flexibility index (Phi) is 6.09. The van der Waals surface area contributed by atoms with Crippen LogP contribution in [0.25, 0.3) is 0 Å². The molecule has 1 aliphatic heterocycles. The maximum atomic E-state index is 13.2. The number of nitrogens with one attached hydrogen (secondary N) is 1. The molecule has 0 aromatic heterocycles. The summed E-state index contributed by atoms with van der Waals surface area (Å²) in [5, 5.41) is 3.16. The predicted octanol–water partition coefficient (Wildman–Crippen LogP) is 4.73. The zero-order chi connectivity index (χ0) is 22.0. The fraction of sp³-hybridized carbons (Fsp3) is 0.136. The number of hydrogen-bond donors (Lipinski definition) is 1. The number of hydrogen-bond acceptors (Lipinski definition) is 4. The Morgan fingerprint density at radius 2 is 1.71 bits per heavy atom. The van der Waals surface area contributed by atoms with Gasteiger partial charge < -0.3 is 10.1 Å². The average molecular weight is 477 g/mol. The highest BCUT2D eigenvalue weighted by atomic mass is 35.5. The number of ether oxygens (including phenoxy) is 1. The summed E-state index contributed by atoms with van der Waals surface area (Å²) in [7, 11) is -3.78. The molecule has 3 aromatic rings. The zero-order valence-corrected chi connectivity index (χ0v) is 18.5. The van der Waals surface area contributed by atoms with Gasteiger partial charge >= 0.3 is 0 Å². The molecule has 0 bridgehead atoms. The van der Waals surface area contributed by atoms with Crippen LogP contribution in [0.2, 0.25) is 10.0 Å². The first kappa shape index (κ1) is 21.5. The van der Waals surface area contributed by atoms with E-state index in [9.17, 15) is 13.2 Å². The molecule has 0 saturated heterocycles. The van der Waals surface area contributed by atoms with Crippen LogP contribution < -0.4 is 14.4 Å². The van der Waals surface area contributed by atoms with E-state index in [1.807, 2.05) is 6.07 Å². The Balaban J connectivity index is 1.62. The van der Waals surface area contributed by atoms with Crippen molar-refractivity contribution in [3.05, 3.63) is 88.4 Å². The van der Waals surface area contributed by atoms with E-state index in [-0.39, 0.29) is 17.3 Å². The van der Waals surface area contributed by atoms with Gasteiger partial charge in [0.1, 0.15) is 5.75 Å². The number of anilines is 2. The molecule has 1 heterocycles. The second-order valence-electron chi connectivity index (χ2n) is 6.94. The summed E-state index contributed by atoms with van der Waals surface area (Å²) < 4.78 is 33.5. The van der Waals surface area contributed by atoms with Crippen LogP contribution in [0.4, 0.5) is 11.4 Å². The normalized spacial score (nSPS) is 15.7. The SMILES string of the molecule is O=C(Nc1cccc(Cl)c1Cl)C1CN(S(=O)(=O)Cc2ccccc2)c2ccccc2O1. The van der Waals surface area contributed by atoms with Gasteiger partial charge in [-0.1, -0.05) is 71.7 Å². The second-order valence-corrected chi connectivity index (χ2v) is 9.62. The van der Waals surface area contributed by atoms with E-state index in [0.717, 1.165) is 0 Å². The van der Waals surface area contributed by atoms with Crippen molar-refractivity contribution in [1.82, 2.24) is 0 Å². The highest BCUT2D eigenvalue weighted by Crippen LogP contribution is 2.36. The van der Waals surface area contributed by atoms with Crippen molar-refractivity contribution in [1.29, 1.82) is 0 Å². The third-order valence-corrected chi connectivity index (χ3v) is 7.30. The lowest BCUT2D eigenvalue weighted by atomic mass is 10.2. The van der Waals surface area contributed by atoms with Crippen molar-refractivity contribution in [2.45, 2.75) is 11.9 Å². The summed E-state index contributed by atoms with van der Waals surface area (Å²) in [5.74, 6) is -0.419. The molecule has 0 spiro atoms. The summed E-state index contributed by atoms with van der Waals surface area (Å²) in [6, 6.07) is 20.5. The molecule has 1 amide bonds. The van der Waals surface area contributed by atoms with Gasteiger partial charge in [0.25, 0.3) is 5.91 Å². The summed E-state index contributed by atoms with van der Waals surface area (Å²) in [5.41, 5.74) is 1.36. The van der Waals surface area contributed by atoms with E-state index in [4.69, 9.17) is 27.9 Å². The Hall–Kier alpha value is -2.74. The fourth-order valence-electron chi connectivity index (χ4n) is 3.28. The van der Waals surface area contributed by atoms with E-state index in [1.165, 1.54) is 4.31 Å². The molecular weight excluding hydrogens is 459 g/mol. The van der Waals surface area contributed by atoms with Gasteiger partial charge in [-0.25, -0.2) is 8.42 Å². The summed E-state index contributed by atoms with van der Waals surface area (Å²) in [6.07, 6.45) is -1.07. The van der Waals surface area contributed by atoms with Crippen molar-refractivity contribution >= 4 is 50.5 Å². The summed E-state index contributed by atoms with van der Waals surface area (Å²) in [4.78, 5) is 12.9. The number of sulfonamides is 1. The standard InChI is InChI=1S/C22H18Cl2N2O4S/c23-16-9-6-10-17(21(16)24)25-22(27)20-13-26(18-11-4-5-12-19(18)30-20)31(28,29)14-15-7-2-1-3-8-15/h1-12,20H,13-14H2,(H,25,27). The first-order valence-electron chi connectivity index (χ1n) is 9.40. The molecule has 0 radical (unpaired) electrons. The smallest absolute Gasteiger partial charge is 0.267 e. The zero-order valence-electron chi connectivity index (χ0n) is 16.2. The van der Waals surface area contributed by atoms with Gasteiger partial charge in [-0.2, -0.15) is 0 Å². The van der Waals surface area contributed by atoms with Crippen LogP contribution in [0.1, 0.15) is 5.56 Å². The number of rotatable bonds is 5. The summed E-state index contributed by atoms with van der Waals surface area (Å²) in [6.45, 7) is -0.170. The van der Waals surface area contributed by atoms with Gasteiger partial charge in [-0.05, 0) is 29.8 Å². The second kappa shape index (κ2) is 8.78. The predicted molar refractivity (Wildman–Crippen MR) is 122 cm³/mol. The molecule has 160 valence electrons. The van der Waals surface area contributed by atoms with Crippen molar-refractivity contribution in [2.24, 2.45) is 0 Å². The van der Waals surface area contributed by atoms with Crippen LogP contribution in [-0.4, -0.2) is 27.0 Å². The third kappa shape index (κ3) is 4.63. The monoisotopic (exact) mass is 476 g/mol. The molecule has 1 unspecified atom stereocenters. The number of fused-ring (bicyclic) bond motifs is 1. The van der Waals surface area contributed by atoms with Gasteiger partial charge in [0.15, 0.2) is 6.10 Å². The molecule has 9 heteroatoms. The molecule has 1 aliphatic rings. The van der Waals surface area contributed by atoms with Crippen LogP contribution in [0.3, 0.4) is 0 Å². The highest BCUT2D eigenvalue weighted by molar-refractivity contribution is 7.92. The topological polar surface area (TPSA) is 75.7 Å². The Labute approximate surface area is 190 Å². The molecule has 3 aromatic carbocycles. The number of halogens is 2. The van der Waals surface area contributed by atoms with Crippen LogP contribution in [0, 0.1) is 0 Å². The Bertz CT molecular complexity index is 1220. The number of para-hydroxylation sites is 2. The van der Waals surface area contributed by atoms with E-state index in [2.05, 4.69) is 5.32 Å². The molecule has 1 N–H and O–H groups in total. The molecule has 4 rings (SSSR count). The van der Waals surface area contributed by atoms with Gasteiger partial charge in [-0.15, -0.1) is 0 Å². The summed E-state index contributed by atoms with van der Waals surface area (Å²) >= 11 is 12.2. The average Bonchev–Trinajstić information content (AvgIpc) is 2.76. The minimum atomic E-state index is -3.78. The van der Waals surface area contributed by atoms with Gasteiger partial charge in [0.2, 0.25) is 10.0 Å². The van der Waals surface area contributed by atoms with Crippen LogP contribution in [-0.2, 0) is 20.6 Å². The minimum Gasteiger partial charge on any atom is -0.476 e. The largest absolute Gasteiger partial charge is 0.476 e. The van der Waals surface area contributed by atoms with Crippen LogP contribution in [0.5, 0.6) is 5.75 Å². The number of carbonyl (C=O) groups excluding carboxylic acids is 1. The molecule has 0 saturated carbocycles. The number of carbonyl (C=O) groups is 1. The molecule has 0 fully saturated rings. The maximum Gasteiger partial charge on any atom is 0.267 e. The van der Waals surface area contributed by atoms with Crippen molar-refractivity contribution < 1.29 is 17.9 Å². The maximum absolute atomic E-state index is 13.2. The Morgan fingerprint density at radius 3 is 2.48 bits per heavy atom. The Morgan fingerprint density at radius 1 is 1.00 bits per heavy atom. The van der Waals surface area contributed by atoms with E-state index < -0.39 is 22.0 Å². The highest BCUT2D eigenvalue weighted by Gasteiger charge is 2.36. The quantitative estimate of drug-likeness (QED) is 0.577. The van der Waals surface area contributed by atoms with E-state index >= 15 is 0 Å². The molecule has 6 nitrogen and oxygen atoms in total. The lowest BCUT2D eigenvalue weighted by Crippen LogP contribution is -2.49. The molecule has 0 aliphatic carbocycles. The van der Waals surface area contributed by atoms with E-state index in [1.54, 1.807) is 66.7 Å². The van der Waals surface area contributed by atoms with Crippen LogP contribution >= 0.6 is 23.2 Å². The lowest BCUT2D eigenvalue weighted by Gasteiger charge is -2.34. The molecule has 31 heavy (non-hydrogen) atoms. The fourth-order valence-corrected chi connectivity index (χ4v) is 5.21. The minimum absolute atomic E-state index is 0.170. The van der Waals surface area contributed by atoms with Crippen molar-refractivity contribution in [3.63, 3.8) is 0 Å². The van der Waals surface area contributed by atoms with Gasteiger partial charge in [0, 0.05) is 0 Å². The lowest BCUT2D eigenvalue weighted by molar-refractivity contribution is -0.122. The first-order chi connectivity index (χ1) is 14.8. The van der Waals surface area contributed by atoms with Crippen molar-refractivity contribution in [3.8, 4) is 5.75 Å². The number of benzene rings is 3. The van der Waals surface area contributed by atoms with Crippen molar-refractivity contribution in [2.75, 3.05) is 16.2 Å². The van der Waals surface area contributed by atoms with Gasteiger partial charge in [0.05, 0.1) is 33.7 Å². The van der Waals surface area contributed by atoms with E-state index in [0.29, 0.717) is 27.7 Å². The molecule has 1 atom stereocenters. The number of nitrogens with zero attached hydrogens (tertiary/aromatic N) is 1. The number of amides is 1. The first-order valence-corrected chi connectivity index (χ1v) is 11.8. The molecular formula is C22H18Cl2N2O4S.